The largest absolute Gasteiger partial charge is 0.444 e. The lowest BCUT2D eigenvalue weighted by Crippen LogP contribution is -2.57. The topological polar surface area (TPSA) is 87.2 Å². The molecule has 4 heterocycles. The Labute approximate surface area is 168 Å². The van der Waals surface area contributed by atoms with E-state index in [1.165, 1.54) is 0 Å². The molecule has 4 aliphatic heterocycles. The number of fused-ring (bicyclic) bond motifs is 4. The van der Waals surface area contributed by atoms with Crippen LogP contribution in [0.3, 0.4) is 0 Å². The Morgan fingerprint density at radius 1 is 1.00 bits per heavy atom. The zero-order chi connectivity index (χ0) is 20.9. The highest BCUT2D eigenvalue weighted by molar-refractivity contribution is 7.91. The van der Waals surface area contributed by atoms with E-state index in [-0.39, 0.29) is 54.1 Å². The van der Waals surface area contributed by atoms with Crippen LogP contribution in [0.15, 0.2) is 0 Å². The van der Waals surface area contributed by atoms with E-state index in [1.807, 2.05) is 25.7 Å². The van der Waals surface area contributed by atoms with E-state index in [0.29, 0.717) is 19.6 Å². The molecule has 0 aromatic carbocycles. The van der Waals surface area contributed by atoms with Gasteiger partial charge in [-0.05, 0) is 38.5 Å². The second-order valence-electron chi connectivity index (χ2n) is 10.0. The molecule has 4 aliphatic rings. The average Bonchev–Trinajstić information content (AvgIpc) is 2.79. The van der Waals surface area contributed by atoms with Gasteiger partial charge in [0.15, 0.2) is 9.84 Å². The van der Waals surface area contributed by atoms with Crippen molar-refractivity contribution in [3.05, 3.63) is 0 Å². The summed E-state index contributed by atoms with van der Waals surface area (Å²) in [6.07, 6.45) is 0.614. The summed E-state index contributed by atoms with van der Waals surface area (Å²) in [4.78, 5) is 31.1. The summed E-state index contributed by atoms with van der Waals surface area (Å²) in [6.45, 7) is 11.9. The van der Waals surface area contributed by atoms with Gasteiger partial charge < -0.3 is 19.4 Å². The van der Waals surface area contributed by atoms with Crippen molar-refractivity contribution < 1.29 is 22.7 Å². The minimum atomic E-state index is -3.03. The summed E-state index contributed by atoms with van der Waals surface area (Å²) in [6, 6.07) is -0.243. The predicted octanol–water partition coefficient (Wildman–Crippen LogP) is 1.80. The molecule has 4 rings (SSSR count). The lowest BCUT2D eigenvalue weighted by molar-refractivity contribution is -0.0204. The van der Waals surface area contributed by atoms with Crippen molar-refractivity contribution in [2.24, 2.45) is 11.3 Å². The van der Waals surface area contributed by atoms with Crippen LogP contribution < -0.4 is 0 Å². The first-order chi connectivity index (χ1) is 12.8. The normalized spacial score (nSPS) is 29.4. The third kappa shape index (κ3) is 4.55. The molecule has 3 amide bonds. The van der Waals surface area contributed by atoms with Crippen LogP contribution in [0, 0.1) is 11.3 Å². The van der Waals surface area contributed by atoms with Gasteiger partial charge in [0.1, 0.15) is 5.60 Å². The van der Waals surface area contributed by atoms with Crippen molar-refractivity contribution in [1.29, 1.82) is 0 Å². The van der Waals surface area contributed by atoms with Crippen LogP contribution in [0.5, 0.6) is 0 Å². The summed E-state index contributed by atoms with van der Waals surface area (Å²) in [5.41, 5.74) is -0.693. The minimum absolute atomic E-state index is 0.0228. The lowest BCUT2D eigenvalue weighted by Gasteiger charge is -2.46. The highest BCUT2D eigenvalue weighted by Gasteiger charge is 2.49. The number of urea groups is 1. The molecule has 0 aromatic rings. The maximum absolute atomic E-state index is 13.1. The molecular formula is C19H33N3O5S. The number of nitrogens with zero attached hydrogens (tertiary/aromatic N) is 3. The number of ether oxygens (including phenoxy) is 1. The first-order valence-corrected chi connectivity index (χ1v) is 11.8. The van der Waals surface area contributed by atoms with Gasteiger partial charge in [-0.3, -0.25) is 0 Å². The molecule has 2 atom stereocenters. The van der Waals surface area contributed by atoms with E-state index < -0.39 is 15.4 Å². The molecule has 8 nitrogen and oxygen atoms in total. The van der Waals surface area contributed by atoms with E-state index in [4.69, 9.17) is 4.74 Å². The van der Waals surface area contributed by atoms with Gasteiger partial charge >= 0.3 is 12.1 Å². The molecule has 4 fully saturated rings. The molecule has 0 unspecified atom stereocenters. The lowest BCUT2D eigenvalue weighted by atomic mass is 9.74. The standard InChI is InChI=1S/C19H33N3O5S/c1-18(2,3)27-17(24)22-12-14-10-19(4,5)15(22)13-21(11-14)16(23)20-6-8-28(25,26)9-7-20/h14-15H,6-13H2,1-5H3/t14-,15-/m1/s1. The maximum atomic E-state index is 13.1. The Morgan fingerprint density at radius 3 is 2.18 bits per heavy atom. The van der Waals surface area contributed by atoms with E-state index in [0.717, 1.165) is 6.42 Å². The smallest absolute Gasteiger partial charge is 0.410 e. The van der Waals surface area contributed by atoms with Crippen molar-refractivity contribution in [1.82, 2.24) is 14.7 Å². The van der Waals surface area contributed by atoms with Gasteiger partial charge in [-0.15, -0.1) is 0 Å². The number of amides is 3. The Morgan fingerprint density at radius 2 is 1.61 bits per heavy atom. The fourth-order valence-corrected chi connectivity index (χ4v) is 5.82. The van der Waals surface area contributed by atoms with Crippen LogP contribution in [0.25, 0.3) is 0 Å². The predicted molar refractivity (Wildman–Crippen MR) is 106 cm³/mol. The molecule has 0 saturated carbocycles. The van der Waals surface area contributed by atoms with Crippen molar-refractivity contribution in [3.63, 3.8) is 0 Å². The molecule has 2 bridgehead atoms. The Bertz CT molecular complexity index is 729. The van der Waals surface area contributed by atoms with Gasteiger partial charge in [-0.2, -0.15) is 0 Å². The second kappa shape index (κ2) is 7.07. The third-order valence-electron chi connectivity index (χ3n) is 5.93. The van der Waals surface area contributed by atoms with Crippen molar-refractivity contribution in [2.75, 3.05) is 44.2 Å². The van der Waals surface area contributed by atoms with E-state index >= 15 is 0 Å². The number of sulfone groups is 1. The summed E-state index contributed by atoms with van der Waals surface area (Å²) < 4.78 is 29.0. The summed E-state index contributed by atoms with van der Waals surface area (Å²) in [7, 11) is -3.03. The minimum Gasteiger partial charge on any atom is -0.444 e. The van der Waals surface area contributed by atoms with E-state index in [1.54, 1.807) is 9.80 Å². The molecule has 0 spiro atoms. The zero-order valence-corrected chi connectivity index (χ0v) is 18.4. The number of hydrogen-bond acceptors (Lipinski definition) is 5. The number of carbonyl (C=O) groups excluding carboxylic acids is 2. The van der Waals surface area contributed by atoms with E-state index in [9.17, 15) is 18.0 Å². The molecule has 28 heavy (non-hydrogen) atoms. The van der Waals surface area contributed by atoms with Gasteiger partial charge in [0.2, 0.25) is 0 Å². The van der Waals surface area contributed by atoms with Crippen molar-refractivity contribution >= 4 is 22.0 Å². The molecule has 0 radical (unpaired) electrons. The first kappa shape index (κ1) is 21.2. The number of hydrogen-bond donors (Lipinski definition) is 0. The molecule has 0 aliphatic carbocycles. The highest BCUT2D eigenvalue weighted by atomic mass is 32.2. The molecule has 4 saturated heterocycles. The van der Waals surface area contributed by atoms with Crippen LogP contribution in [0.2, 0.25) is 0 Å². The molecule has 0 aromatic heterocycles. The van der Waals surface area contributed by atoms with E-state index in [2.05, 4.69) is 13.8 Å². The highest BCUT2D eigenvalue weighted by Crippen LogP contribution is 2.42. The number of piperidine rings is 1. The summed E-state index contributed by atoms with van der Waals surface area (Å²) in [5.74, 6) is 0.225. The Kier molecular flexibility index (Phi) is 5.36. The van der Waals surface area contributed by atoms with Crippen molar-refractivity contribution in [2.45, 2.75) is 52.7 Å². The van der Waals surface area contributed by atoms with Gasteiger partial charge in [0.25, 0.3) is 0 Å². The van der Waals surface area contributed by atoms with Gasteiger partial charge in [-0.1, -0.05) is 13.8 Å². The second-order valence-corrected chi connectivity index (χ2v) is 12.3. The van der Waals surface area contributed by atoms with Crippen LogP contribution in [-0.4, -0.2) is 91.1 Å². The molecule has 0 N–H and O–H groups in total. The zero-order valence-electron chi connectivity index (χ0n) is 17.6. The van der Waals surface area contributed by atoms with Gasteiger partial charge in [-0.25, -0.2) is 18.0 Å². The van der Waals surface area contributed by atoms with Gasteiger partial charge in [0.05, 0.1) is 17.5 Å². The quantitative estimate of drug-likeness (QED) is 0.602. The maximum Gasteiger partial charge on any atom is 0.410 e. The third-order valence-corrected chi connectivity index (χ3v) is 7.54. The Hall–Kier alpha value is -1.51. The number of carbonyl (C=O) groups is 2. The van der Waals surface area contributed by atoms with Crippen LogP contribution >= 0.6 is 0 Å². The number of rotatable bonds is 0. The average molecular weight is 416 g/mol. The fourth-order valence-electron chi connectivity index (χ4n) is 4.62. The molecule has 9 heteroatoms. The van der Waals surface area contributed by atoms with Crippen molar-refractivity contribution in [3.8, 4) is 0 Å². The fraction of sp³-hybridized carbons (Fsp3) is 0.895. The Balaban J connectivity index is 1.76. The molecule has 160 valence electrons. The monoisotopic (exact) mass is 415 g/mol. The van der Waals surface area contributed by atoms with Crippen LogP contribution in [-0.2, 0) is 14.6 Å². The van der Waals surface area contributed by atoms with Crippen LogP contribution in [0.1, 0.15) is 41.0 Å². The summed E-state index contributed by atoms with van der Waals surface area (Å²) in [5, 5.41) is 0. The SMILES string of the molecule is CC(C)(C)OC(=O)N1C[C@H]2CN(C(=O)N3CCS(=O)(=O)CC3)C[C@@H]1C(C)(C)C2. The van der Waals surface area contributed by atoms with Gasteiger partial charge in [0, 0.05) is 32.7 Å². The molecular weight excluding hydrogens is 382 g/mol. The van der Waals surface area contributed by atoms with Crippen LogP contribution in [0.4, 0.5) is 9.59 Å². The first-order valence-electron chi connectivity index (χ1n) is 10.0. The summed E-state index contributed by atoms with van der Waals surface area (Å²) >= 11 is 0.